The highest BCUT2D eigenvalue weighted by Gasteiger charge is 2.13. The molecule has 0 amide bonds. The highest BCUT2D eigenvalue weighted by molar-refractivity contribution is 5.19. The van der Waals surface area contributed by atoms with Gasteiger partial charge in [0.25, 0.3) is 0 Å². The third-order valence-electron chi connectivity index (χ3n) is 2.78. The lowest BCUT2D eigenvalue weighted by Gasteiger charge is -2.16. The van der Waals surface area contributed by atoms with Crippen LogP contribution in [0.5, 0.6) is 0 Å². The van der Waals surface area contributed by atoms with Gasteiger partial charge in [-0.25, -0.2) is 8.78 Å². The van der Waals surface area contributed by atoms with Crippen LogP contribution in [0, 0.1) is 11.6 Å². The lowest BCUT2D eigenvalue weighted by molar-refractivity contribution is 0.140. The van der Waals surface area contributed by atoms with Crippen LogP contribution in [-0.4, -0.2) is 19.3 Å². The van der Waals surface area contributed by atoms with E-state index in [1.54, 1.807) is 6.07 Å². The molecular formula is C13H20F2N2O. The molecule has 0 radical (unpaired) electrons. The van der Waals surface area contributed by atoms with Crippen molar-refractivity contribution in [2.24, 2.45) is 5.84 Å². The molecule has 0 saturated carbocycles. The van der Waals surface area contributed by atoms with E-state index in [9.17, 15) is 8.78 Å². The van der Waals surface area contributed by atoms with Crippen molar-refractivity contribution in [1.82, 2.24) is 5.43 Å². The average molecular weight is 258 g/mol. The Hall–Kier alpha value is -1.04. The van der Waals surface area contributed by atoms with Crippen molar-refractivity contribution in [3.05, 3.63) is 35.4 Å². The number of nitrogens with two attached hydrogens (primary N) is 1. The Morgan fingerprint density at radius 1 is 1.39 bits per heavy atom. The predicted molar refractivity (Wildman–Crippen MR) is 66.9 cm³/mol. The number of hydrogen-bond acceptors (Lipinski definition) is 3. The summed E-state index contributed by atoms with van der Waals surface area (Å²) in [4.78, 5) is 0. The fraction of sp³-hybridized carbons (Fsp3) is 0.538. The molecule has 1 aromatic rings. The van der Waals surface area contributed by atoms with E-state index in [0.29, 0.717) is 25.2 Å². The molecule has 0 aliphatic rings. The fourth-order valence-corrected chi connectivity index (χ4v) is 1.79. The van der Waals surface area contributed by atoms with Gasteiger partial charge in [0.1, 0.15) is 0 Å². The zero-order valence-electron chi connectivity index (χ0n) is 10.6. The van der Waals surface area contributed by atoms with Crippen LogP contribution in [-0.2, 0) is 11.2 Å². The first kappa shape index (κ1) is 15.0. The fourth-order valence-electron chi connectivity index (χ4n) is 1.79. The molecule has 1 rings (SSSR count). The van der Waals surface area contributed by atoms with Crippen LogP contribution in [0.2, 0.25) is 0 Å². The van der Waals surface area contributed by atoms with Crippen molar-refractivity contribution in [3.8, 4) is 0 Å². The van der Waals surface area contributed by atoms with Gasteiger partial charge in [0.05, 0.1) is 0 Å². The molecular weight excluding hydrogens is 238 g/mol. The van der Waals surface area contributed by atoms with Gasteiger partial charge in [0.15, 0.2) is 11.6 Å². The van der Waals surface area contributed by atoms with Gasteiger partial charge in [-0.2, -0.15) is 0 Å². The van der Waals surface area contributed by atoms with Gasteiger partial charge >= 0.3 is 0 Å². The van der Waals surface area contributed by atoms with Crippen LogP contribution < -0.4 is 11.3 Å². The Balaban J connectivity index is 2.49. The molecule has 0 spiro atoms. The topological polar surface area (TPSA) is 47.3 Å². The van der Waals surface area contributed by atoms with Gasteiger partial charge < -0.3 is 4.74 Å². The monoisotopic (exact) mass is 258 g/mol. The number of benzene rings is 1. The number of ether oxygens (including phenoxy) is 1. The zero-order valence-corrected chi connectivity index (χ0v) is 10.6. The first-order chi connectivity index (χ1) is 8.69. The summed E-state index contributed by atoms with van der Waals surface area (Å²) in [6, 6.07) is 4.10. The van der Waals surface area contributed by atoms with Gasteiger partial charge in [0, 0.05) is 19.3 Å². The molecule has 3 N–H and O–H groups in total. The molecule has 3 nitrogen and oxygen atoms in total. The van der Waals surface area contributed by atoms with Crippen molar-refractivity contribution < 1.29 is 13.5 Å². The summed E-state index contributed by atoms with van der Waals surface area (Å²) in [7, 11) is 0. The van der Waals surface area contributed by atoms with Gasteiger partial charge in [-0.3, -0.25) is 11.3 Å². The molecule has 0 bridgehead atoms. The Morgan fingerprint density at radius 3 is 2.83 bits per heavy atom. The lowest BCUT2D eigenvalue weighted by Crippen LogP contribution is -2.37. The largest absolute Gasteiger partial charge is 0.382 e. The van der Waals surface area contributed by atoms with E-state index in [4.69, 9.17) is 10.6 Å². The molecule has 1 aromatic carbocycles. The number of hydrazine groups is 1. The molecule has 0 aliphatic heterocycles. The van der Waals surface area contributed by atoms with E-state index in [2.05, 4.69) is 5.43 Å². The molecule has 5 heteroatoms. The van der Waals surface area contributed by atoms with Gasteiger partial charge in [-0.1, -0.05) is 12.1 Å². The highest BCUT2D eigenvalue weighted by atomic mass is 19.2. The second-order valence-electron chi connectivity index (χ2n) is 4.12. The number of halogens is 2. The summed E-state index contributed by atoms with van der Waals surface area (Å²) < 4.78 is 31.7. The van der Waals surface area contributed by atoms with Crippen LogP contribution in [0.4, 0.5) is 8.78 Å². The van der Waals surface area contributed by atoms with Crippen molar-refractivity contribution in [3.63, 3.8) is 0 Å². The maximum absolute atomic E-state index is 13.5. The Morgan fingerprint density at radius 2 is 2.17 bits per heavy atom. The molecule has 18 heavy (non-hydrogen) atoms. The smallest absolute Gasteiger partial charge is 0.162 e. The first-order valence-corrected chi connectivity index (χ1v) is 6.15. The molecule has 0 fully saturated rings. The second kappa shape index (κ2) is 8.13. The van der Waals surface area contributed by atoms with E-state index in [0.717, 1.165) is 18.9 Å². The molecule has 1 atom stereocenters. The van der Waals surface area contributed by atoms with Crippen LogP contribution in [0.25, 0.3) is 0 Å². The van der Waals surface area contributed by atoms with E-state index in [1.165, 1.54) is 6.07 Å². The predicted octanol–water partition coefficient (Wildman–Crippen LogP) is 2.16. The van der Waals surface area contributed by atoms with E-state index in [1.807, 2.05) is 6.92 Å². The summed E-state index contributed by atoms with van der Waals surface area (Å²) in [6.07, 6.45) is 1.96. The van der Waals surface area contributed by atoms with E-state index >= 15 is 0 Å². The van der Waals surface area contributed by atoms with E-state index in [-0.39, 0.29) is 6.04 Å². The SMILES string of the molecule is CCOCCCC(Cc1cccc(F)c1F)NN. The van der Waals surface area contributed by atoms with Crippen LogP contribution >= 0.6 is 0 Å². The van der Waals surface area contributed by atoms with Crippen molar-refractivity contribution in [1.29, 1.82) is 0 Å². The molecule has 102 valence electrons. The Labute approximate surface area is 106 Å². The van der Waals surface area contributed by atoms with Crippen LogP contribution in [0.3, 0.4) is 0 Å². The van der Waals surface area contributed by atoms with Crippen molar-refractivity contribution in [2.45, 2.75) is 32.2 Å². The number of hydrogen-bond donors (Lipinski definition) is 2. The minimum atomic E-state index is -0.822. The maximum Gasteiger partial charge on any atom is 0.162 e. The van der Waals surface area contributed by atoms with Crippen molar-refractivity contribution >= 4 is 0 Å². The summed E-state index contributed by atoms with van der Waals surface area (Å²) in [5.74, 6) is 3.81. The molecule has 0 heterocycles. The minimum absolute atomic E-state index is 0.0817. The molecule has 0 saturated heterocycles. The molecule has 0 aliphatic carbocycles. The standard InChI is InChI=1S/C13H20F2N2O/c1-2-18-8-4-6-11(17-16)9-10-5-3-7-12(14)13(10)15/h3,5,7,11,17H,2,4,6,8-9,16H2,1H3. The third-order valence-corrected chi connectivity index (χ3v) is 2.78. The maximum atomic E-state index is 13.5. The normalized spacial score (nSPS) is 12.7. The van der Waals surface area contributed by atoms with Crippen molar-refractivity contribution in [2.75, 3.05) is 13.2 Å². The summed E-state index contributed by atoms with van der Waals surface area (Å²) in [6.45, 7) is 3.26. The number of nitrogens with one attached hydrogen (secondary N) is 1. The third kappa shape index (κ3) is 4.68. The highest BCUT2D eigenvalue weighted by Crippen LogP contribution is 2.14. The molecule has 1 unspecified atom stereocenters. The van der Waals surface area contributed by atoms with Gasteiger partial charge in [-0.05, 0) is 37.8 Å². The first-order valence-electron chi connectivity index (χ1n) is 6.15. The zero-order chi connectivity index (χ0) is 13.4. The quantitative estimate of drug-likeness (QED) is 0.427. The number of rotatable bonds is 8. The molecule has 0 aromatic heterocycles. The van der Waals surface area contributed by atoms with Gasteiger partial charge in [-0.15, -0.1) is 0 Å². The van der Waals surface area contributed by atoms with Crippen LogP contribution in [0.15, 0.2) is 18.2 Å². The second-order valence-corrected chi connectivity index (χ2v) is 4.12. The van der Waals surface area contributed by atoms with E-state index < -0.39 is 11.6 Å². The Kier molecular flexibility index (Phi) is 6.78. The average Bonchev–Trinajstić information content (AvgIpc) is 2.38. The minimum Gasteiger partial charge on any atom is -0.382 e. The summed E-state index contributed by atoms with van der Waals surface area (Å²) in [5.41, 5.74) is 2.97. The summed E-state index contributed by atoms with van der Waals surface area (Å²) in [5, 5.41) is 0. The summed E-state index contributed by atoms with van der Waals surface area (Å²) >= 11 is 0. The van der Waals surface area contributed by atoms with Gasteiger partial charge in [0.2, 0.25) is 0 Å². The van der Waals surface area contributed by atoms with Crippen LogP contribution in [0.1, 0.15) is 25.3 Å². The Bertz CT molecular complexity index is 361. The lowest BCUT2D eigenvalue weighted by atomic mass is 10.0.